The Balaban J connectivity index is 1.51. The van der Waals surface area contributed by atoms with Crippen LogP contribution in [0.3, 0.4) is 0 Å². The molecule has 140 valence electrons. The van der Waals surface area contributed by atoms with E-state index in [2.05, 4.69) is 5.32 Å². The first kappa shape index (κ1) is 18.8. The number of anilines is 1. The quantitative estimate of drug-likeness (QED) is 0.609. The molecular weight excluding hydrogens is 352 g/mol. The molecule has 1 heterocycles. The van der Waals surface area contributed by atoms with E-state index in [1.54, 1.807) is 16.7 Å². The molecule has 0 radical (unpaired) electrons. The van der Waals surface area contributed by atoms with Crippen LogP contribution in [-0.4, -0.2) is 43.2 Å². The van der Waals surface area contributed by atoms with Gasteiger partial charge in [-0.3, -0.25) is 14.4 Å². The maximum absolute atomic E-state index is 12.3. The second-order valence-corrected chi connectivity index (χ2v) is 7.64. The van der Waals surface area contributed by atoms with Gasteiger partial charge < -0.3 is 15.0 Å². The van der Waals surface area contributed by atoms with Crippen LogP contribution in [0.2, 0.25) is 0 Å². The van der Waals surface area contributed by atoms with Crippen LogP contribution in [0.1, 0.15) is 32.1 Å². The first-order chi connectivity index (χ1) is 12.6. The van der Waals surface area contributed by atoms with Crippen molar-refractivity contribution in [3.05, 3.63) is 24.3 Å². The summed E-state index contributed by atoms with van der Waals surface area (Å²) in [5, 5.41) is 2.89. The minimum atomic E-state index is -0.528. The van der Waals surface area contributed by atoms with Gasteiger partial charge in [-0.15, -0.1) is 11.8 Å². The fourth-order valence-electron chi connectivity index (χ4n) is 3.49. The monoisotopic (exact) mass is 376 g/mol. The predicted molar refractivity (Wildman–Crippen MR) is 100 cm³/mol. The number of nitrogens with zero attached hydrogens (tertiary/aromatic N) is 1. The van der Waals surface area contributed by atoms with Gasteiger partial charge in [0.1, 0.15) is 0 Å². The zero-order valence-corrected chi connectivity index (χ0v) is 15.7. The molecular formula is C19H24N2O4S. The molecule has 1 aromatic rings. The molecule has 2 fully saturated rings. The number of nitrogens with one attached hydrogen (secondary N) is 1. The lowest BCUT2D eigenvalue weighted by atomic mass is 10.1. The highest BCUT2D eigenvalue weighted by Gasteiger charge is 2.36. The van der Waals surface area contributed by atoms with Gasteiger partial charge in [0.05, 0.1) is 5.92 Å². The zero-order valence-electron chi connectivity index (χ0n) is 14.9. The average molecular weight is 376 g/mol. The van der Waals surface area contributed by atoms with E-state index in [0.29, 0.717) is 6.54 Å². The molecule has 0 spiro atoms. The van der Waals surface area contributed by atoms with E-state index in [-0.39, 0.29) is 30.9 Å². The number of rotatable bonds is 6. The van der Waals surface area contributed by atoms with Crippen molar-refractivity contribution in [2.45, 2.75) is 43.0 Å². The minimum Gasteiger partial charge on any atom is -0.455 e. The summed E-state index contributed by atoms with van der Waals surface area (Å²) in [6, 6.07) is 7.87. The summed E-state index contributed by atoms with van der Waals surface area (Å²) in [6.45, 7) is 0.0156. The van der Waals surface area contributed by atoms with Gasteiger partial charge in [-0.2, -0.15) is 0 Å². The predicted octanol–water partition coefficient (Wildman–Crippen LogP) is 2.36. The Morgan fingerprint density at radius 3 is 2.81 bits per heavy atom. The Morgan fingerprint density at radius 1 is 1.31 bits per heavy atom. The fourth-order valence-corrected chi connectivity index (χ4v) is 3.94. The highest BCUT2D eigenvalue weighted by atomic mass is 32.2. The minimum absolute atomic E-state index is 0.0967. The number of carbonyl (C=O) groups excluding carboxylic acids is 3. The Bertz CT molecular complexity index is 688. The van der Waals surface area contributed by atoms with E-state index >= 15 is 0 Å². The summed E-state index contributed by atoms with van der Waals surface area (Å²) in [5.74, 6) is -1.37. The van der Waals surface area contributed by atoms with Gasteiger partial charge in [0.25, 0.3) is 5.91 Å². The molecule has 0 aromatic heterocycles. The van der Waals surface area contributed by atoms with Crippen molar-refractivity contribution in [3.8, 4) is 0 Å². The third-order valence-electron chi connectivity index (χ3n) is 4.89. The Hall–Kier alpha value is -2.02. The molecule has 0 bridgehead atoms. The molecule has 1 aliphatic carbocycles. The average Bonchev–Trinajstić information content (AvgIpc) is 3.29. The maximum atomic E-state index is 12.3. The molecule has 0 unspecified atom stereocenters. The van der Waals surface area contributed by atoms with Crippen molar-refractivity contribution in [1.29, 1.82) is 0 Å². The summed E-state index contributed by atoms with van der Waals surface area (Å²) < 4.78 is 5.14. The molecule has 3 rings (SSSR count). The van der Waals surface area contributed by atoms with Crippen molar-refractivity contribution in [2.24, 2.45) is 5.92 Å². The van der Waals surface area contributed by atoms with Crippen LogP contribution in [0.25, 0.3) is 0 Å². The third kappa shape index (κ3) is 4.58. The molecule has 1 saturated carbocycles. The van der Waals surface area contributed by atoms with Crippen LogP contribution in [0.4, 0.5) is 5.69 Å². The summed E-state index contributed by atoms with van der Waals surface area (Å²) in [4.78, 5) is 39.1. The number of thioether (sulfide) groups is 1. The van der Waals surface area contributed by atoms with Crippen LogP contribution in [0, 0.1) is 5.92 Å². The summed E-state index contributed by atoms with van der Waals surface area (Å²) in [5.41, 5.74) is 0.788. The van der Waals surface area contributed by atoms with Gasteiger partial charge in [0.15, 0.2) is 6.61 Å². The normalized spacial score (nSPS) is 20.4. The first-order valence-electron chi connectivity index (χ1n) is 8.97. The SMILES string of the molecule is CSc1cccc(N2C[C@@H](C(=O)OCC(=O)NC3CCCC3)CC2=O)c1. The van der Waals surface area contributed by atoms with Crippen LogP contribution in [-0.2, 0) is 19.1 Å². The van der Waals surface area contributed by atoms with Gasteiger partial charge >= 0.3 is 5.97 Å². The van der Waals surface area contributed by atoms with Crippen LogP contribution >= 0.6 is 11.8 Å². The standard InChI is InChI=1S/C19H24N2O4S/c1-26-16-8-4-7-15(10-16)21-11-13(9-18(21)23)19(24)25-12-17(22)20-14-5-2-3-6-14/h4,7-8,10,13-14H,2-3,5-6,9,11-12H2,1H3,(H,20,22)/t13-/m0/s1. The molecule has 7 heteroatoms. The van der Waals surface area contributed by atoms with Crippen LogP contribution in [0.15, 0.2) is 29.2 Å². The highest BCUT2D eigenvalue weighted by molar-refractivity contribution is 7.98. The van der Waals surface area contributed by atoms with E-state index < -0.39 is 11.9 Å². The highest BCUT2D eigenvalue weighted by Crippen LogP contribution is 2.28. The van der Waals surface area contributed by atoms with E-state index in [9.17, 15) is 14.4 Å². The molecule has 1 N–H and O–H groups in total. The smallest absolute Gasteiger partial charge is 0.311 e. The van der Waals surface area contributed by atoms with Gasteiger partial charge in [-0.1, -0.05) is 18.9 Å². The number of esters is 1. The van der Waals surface area contributed by atoms with E-state index in [1.165, 1.54) is 0 Å². The molecule has 2 aliphatic rings. The lowest BCUT2D eigenvalue weighted by molar-refractivity contribution is -0.152. The van der Waals surface area contributed by atoms with Gasteiger partial charge in [0, 0.05) is 29.6 Å². The number of hydrogen-bond acceptors (Lipinski definition) is 5. The van der Waals surface area contributed by atoms with Crippen molar-refractivity contribution < 1.29 is 19.1 Å². The number of carbonyl (C=O) groups is 3. The molecule has 26 heavy (non-hydrogen) atoms. The van der Waals surface area contributed by atoms with E-state index in [0.717, 1.165) is 36.3 Å². The van der Waals surface area contributed by atoms with Crippen molar-refractivity contribution in [3.63, 3.8) is 0 Å². The first-order valence-corrected chi connectivity index (χ1v) is 10.2. The van der Waals surface area contributed by atoms with Gasteiger partial charge in [0.2, 0.25) is 5.91 Å². The summed E-state index contributed by atoms with van der Waals surface area (Å²) in [7, 11) is 0. The van der Waals surface area contributed by atoms with Gasteiger partial charge in [-0.25, -0.2) is 0 Å². The number of ether oxygens (including phenoxy) is 1. The third-order valence-corrected chi connectivity index (χ3v) is 5.61. The summed E-state index contributed by atoms with van der Waals surface area (Å²) >= 11 is 1.60. The van der Waals surface area contributed by atoms with E-state index in [1.807, 2.05) is 30.5 Å². The molecule has 2 amide bonds. The van der Waals surface area contributed by atoms with Crippen LogP contribution < -0.4 is 10.2 Å². The number of amides is 2. The van der Waals surface area contributed by atoms with E-state index in [4.69, 9.17) is 4.74 Å². The zero-order chi connectivity index (χ0) is 18.5. The maximum Gasteiger partial charge on any atom is 0.311 e. The molecule has 6 nitrogen and oxygen atoms in total. The summed E-state index contributed by atoms with van der Waals surface area (Å²) in [6.07, 6.45) is 6.32. The Labute approximate surface area is 157 Å². The van der Waals surface area contributed by atoms with Crippen molar-refractivity contribution in [1.82, 2.24) is 5.32 Å². The number of hydrogen-bond donors (Lipinski definition) is 1. The van der Waals surface area contributed by atoms with Crippen LogP contribution in [0.5, 0.6) is 0 Å². The molecule has 1 atom stereocenters. The molecule has 1 saturated heterocycles. The largest absolute Gasteiger partial charge is 0.455 e. The second kappa shape index (κ2) is 8.58. The van der Waals surface area contributed by atoms with Crippen molar-refractivity contribution >= 4 is 35.2 Å². The number of benzene rings is 1. The topological polar surface area (TPSA) is 75.7 Å². The lowest BCUT2D eigenvalue weighted by Gasteiger charge is -2.17. The van der Waals surface area contributed by atoms with Crippen molar-refractivity contribution in [2.75, 3.05) is 24.3 Å². The Kier molecular flexibility index (Phi) is 6.19. The second-order valence-electron chi connectivity index (χ2n) is 6.76. The molecule has 1 aliphatic heterocycles. The molecule has 1 aromatic carbocycles. The fraction of sp³-hybridized carbons (Fsp3) is 0.526. The van der Waals surface area contributed by atoms with Gasteiger partial charge in [-0.05, 0) is 37.3 Å². The Morgan fingerprint density at radius 2 is 2.08 bits per heavy atom. The lowest BCUT2D eigenvalue weighted by Crippen LogP contribution is -2.36.